The Balaban J connectivity index is 1.97. The molecular formula is C14H22N2. The van der Waals surface area contributed by atoms with Gasteiger partial charge in [0.25, 0.3) is 0 Å². The van der Waals surface area contributed by atoms with E-state index in [0.717, 1.165) is 6.04 Å². The molecule has 0 bridgehead atoms. The van der Waals surface area contributed by atoms with Crippen LogP contribution in [0.25, 0.3) is 0 Å². The lowest BCUT2D eigenvalue weighted by Gasteiger charge is -2.30. The van der Waals surface area contributed by atoms with E-state index in [0.29, 0.717) is 6.04 Å². The van der Waals surface area contributed by atoms with Crippen LogP contribution < -0.4 is 10.2 Å². The number of hydrogen-bond donors (Lipinski definition) is 1. The molecule has 1 aromatic carbocycles. The van der Waals surface area contributed by atoms with Crippen molar-refractivity contribution in [3.05, 3.63) is 29.8 Å². The lowest BCUT2D eigenvalue weighted by molar-refractivity contribution is 0.313. The first-order valence-corrected chi connectivity index (χ1v) is 6.20. The molecule has 0 heterocycles. The van der Waals surface area contributed by atoms with E-state index < -0.39 is 0 Å². The zero-order chi connectivity index (χ0) is 11.5. The van der Waals surface area contributed by atoms with Crippen LogP contribution in [0.3, 0.4) is 0 Å². The minimum Gasteiger partial charge on any atom is -0.378 e. The number of benzene rings is 1. The smallest absolute Gasteiger partial charge is 0.0361 e. The average molecular weight is 218 g/mol. The van der Waals surface area contributed by atoms with E-state index in [2.05, 4.69) is 55.5 Å². The molecule has 1 unspecified atom stereocenters. The summed E-state index contributed by atoms with van der Waals surface area (Å²) in [5, 5.41) is 3.67. The summed E-state index contributed by atoms with van der Waals surface area (Å²) in [4.78, 5) is 2.13. The van der Waals surface area contributed by atoms with E-state index in [9.17, 15) is 0 Å². The van der Waals surface area contributed by atoms with Gasteiger partial charge in [0.2, 0.25) is 0 Å². The van der Waals surface area contributed by atoms with Crippen molar-refractivity contribution in [1.82, 2.24) is 5.32 Å². The van der Waals surface area contributed by atoms with Crippen LogP contribution in [0.2, 0.25) is 0 Å². The zero-order valence-electron chi connectivity index (χ0n) is 10.5. The van der Waals surface area contributed by atoms with Gasteiger partial charge in [-0.1, -0.05) is 18.6 Å². The van der Waals surface area contributed by atoms with Crippen molar-refractivity contribution in [1.29, 1.82) is 0 Å². The quantitative estimate of drug-likeness (QED) is 0.836. The summed E-state index contributed by atoms with van der Waals surface area (Å²) in [6, 6.07) is 10.1. The maximum absolute atomic E-state index is 3.67. The fourth-order valence-corrected chi connectivity index (χ4v) is 2.09. The molecule has 0 amide bonds. The van der Waals surface area contributed by atoms with Crippen molar-refractivity contribution in [3.63, 3.8) is 0 Å². The van der Waals surface area contributed by atoms with Crippen molar-refractivity contribution >= 4 is 5.69 Å². The van der Waals surface area contributed by atoms with E-state index in [1.165, 1.54) is 30.5 Å². The second-order valence-corrected chi connectivity index (χ2v) is 5.00. The third-order valence-corrected chi connectivity index (χ3v) is 3.50. The largest absolute Gasteiger partial charge is 0.378 e. The number of nitrogens with one attached hydrogen (secondary N) is 1. The highest BCUT2D eigenvalue weighted by Gasteiger charge is 2.19. The molecule has 0 spiro atoms. The first kappa shape index (κ1) is 11.5. The monoisotopic (exact) mass is 218 g/mol. The van der Waals surface area contributed by atoms with Crippen LogP contribution >= 0.6 is 0 Å². The molecule has 1 aromatic rings. The minimum atomic E-state index is 0.474. The Morgan fingerprint density at radius 3 is 2.25 bits per heavy atom. The second-order valence-electron chi connectivity index (χ2n) is 5.00. The highest BCUT2D eigenvalue weighted by atomic mass is 15.1. The number of anilines is 1. The summed E-state index contributed by atoms with van der Waals surface area (Å²) in [5.74, 6) is 0. The summed E-state index contributed by atoms with van der Waals surface area (Å²) in [7, 11) is 4.15. The summed E-state index contributed by atoms with van der Waals surface area (Å²) in [6.07, 6.45) is 4.09. The summed E-state index contributed by atoms with van der Waals surface area (Å²) < 4.78 is 0. The van der Waals surface area contributed by atoms with Gasteiger partial charge in [-0.15, -0.1) is 0 Å². The standard InChI is InChI=1S/C14H22N2/c1-11(15-13-5-4-6-13)12-7-9-14(10-8-12)16(2)3/h7-11,13,15H,4-6H2,1-3H3. The van der Waals surface area contributed by atoms with Gasteiger partial charge < -0.3 is 10.2 Å². The predicted octanol–water partition coefficient (Wildman–Crippen LogP) is 2.96. The molecular weight excluding hydrogens is 196 g/mol. The van der Waals surface area contributed by atoms with Gasteiger partial charge in [-0.25, -0.2) is 0 Å². The molecule has 16 heavy (non-hydrogen) atoms. The van der Waals surface area contributed by atoms with Crippen LogP contribution in [0.4, 0.5) is 5.69 Å². The van der Waals surface area contributed by atoms with E-state index in [1.54, 1.807) is 0 Å². The van der Waals surface area contributed by atoms with Crippen LogP contribution in [0.15, 0.2) is 24.3 Å². The maximum atomic E-state index is 3.67. The van der Waals surface area contributed by atoms with Crippen molar-refractivity contribution in [2.45, 2.75) is 38.3 Å². The van der Waals surface area contributed by atoms with Gasteiger partial charge in [0.1, 0.15) is 0 Å². The Kier molecular flexibility index (Phi) is 3.49. The second kappa shape index (κ2) is 4.88. The molecule has 88 valence electrons. The fraction of sp³-hybridized carbons (Fsp3) is 0.571. The predicted molar refractivity (Wildman–Crippen MR) is 70.0 cm³/mol. The Hall–Kier alpha value is -1.02. The summed E-state index contributed by atoms with van der Waals surface area (Å²) >= 11 is 0. The summed E-state index contributed by atoms with van der Waals surface area (Å²) in [6.45, 7) is 2.25. The molecule has 1 N–H and O–H groups in total. The van der Waals surface area contributed by atoms with Crippen molar-refractivity contribution in [2.75, 3.05) is 19.0 Å². The lowest BCUT2D eigenvalue weighted by Crippen LogP contribution is -2.36. The molecule has 0 saturated heterocycles. The van der Waals surface area contributed by atoms with Gasteiger partial charge in [-0.2, -0.15) is 0 Å². The van der Waals surface area contributed by atoms with Crippen molar-refractivity contribution in [3.8, 4) is 0 Å². The van der Waals surface area contributed by atoms with Crippen LogP contribution in [0.5, 0.6) is 0 Å². The Morgan fingerprint density at radius 2 is 1.81 bits per heavy atom. The van der Waals surface area contributed by atoms with Gasteiger partial charge in [0.05, 0.1) is 0 Å². The topological polar surface area (TPSA) is 15.3 Å². The molecule has 0 aromatic heterocycles. The maximum Gasteiger partial charge on any atom is 0.0361 e. The van der Waals surface area contributed by atoms with Gasteiger partial charge in [-0.3, -0.25) is 0 Å². The highest BCUT2D eigenvalue weighted by Crippen LogP contribution is 2.23. The van der Waals surface area contributed by atoms with Crippen LogP contribution in [0, 0.1) is 0 Å². The summed E-state index contributed by atoms with van der Waals surface area (Å²) in [5.41, 5.74) is 2.65. The molecule has 1 aliphatic carbocycles. The van der Waals surface area contributed by atoms with Gasteiger partial charge in [0.15, 0.2) is 0 Å². The van der Waals surface area contributed by atoms with Crippen LogP contribution in [-0.4, -0.2) is 20.1 Å². The Labute approximate surface area is 98.7 Å². The highest BCUT2D eigenvalue weighted by molar-refractivity contribution is 5.46. The van der Waals surface area contributed by atoms with Crippen LogP contribution in [0.1, 0.15) is 37.8 Å². The zero-order valence-corrected chi connectivity index (χ0v) is 10.5. The number of hydrogen-bond acceptors (Lipinski definition) is 2. The molecule has 0 radical (unpaired) electrons. The number of rotatable bonds is 4. The molecule has 2 rings (SSSR count). The molecule has 2 heteroatoms. The van der Waals surface area contributed by atoms with E-state index in [4.69, 9.17) is 0 Å². The van der Waals surface area contributed by atoms with Crippen molar-refractivity contribution < 1.29 is 0 Å². The minimum absolute atomic E-state index is 0.474. The third-order valence-electron chi connectivity index (χ3n) is 3.50. The Bertz CT molecular complexity index is 325. The molecule has 2 nitrogen and oxygen atoms in total. The Morgan fingerprint density at radius 1 is 1.19 bits per heavy atom. The van der Waals surface area contributed by atoms with Gasteiger partial charge >= 0.3 is 0 Å². The van der Waals surface area contributed by atoms with E-state index in [-0.39, 0.29) is 0 Å². The van der Waals surface area contributed by atoms with Gasteiger partial charge in [0, 0.05) is 31.9 Å². The fourth-order valence-electron chi connectivity index (χ4n) is 2.09. The van der Waals surface area contributed by atoms with Crippen molar-refractivity contribution in [2.24, 2.45) is 0 Å². The normalized spacial score (nSPS) is 17.9. The molecule has 1 atom stereocenters. The molecule has 1 saturated carbocycles. The number of nitrogens with zero attached hydrogens (tertiary/aromatic N) is 1. The molecule has 0 aliphatic heterocycles. The van der Waals surface area contributed by atoms with Crippen LogP contribution in [-0.2, 0) is 0 Å². The first-order valence-electron chi connectivity index (χ1n) is 6.20. The third kappa shape index (κ3) is 2.56. The SMILES string of the molecule is CC(NC1CCC1)c1ccc(N(C)C)cc1. The van der Waals surface area contributed by atoms with E-state index >= 15 is 0 Å². The molecule has 1 aliphatic rings. The lowest BCUT2D eigenvalue weighted by atomic mass is 9.92. The van der Waals surface area contributed by atoms with E-state index in [1.807, 2.05) is 0 Å². The van der Waals surface area contributed by atoms with Gasteiger partial charge in [-0.05, 0) is 37.5 Å². The molecule has 1 fully saturated rings. The average Bonchev–Trinajstić information content (AvgIpc) is 2.23. The first-order chi connectivity index (χ1) is 7.66.